The number of nitrogens with one attached hydrogen (secondary N) is 2. The number of aromatic nitrogens is 1. The summed E-state index contributed by atoms with van der Waals surface area (Å²) in [5.74, 6) is 0.449. The zero-order valence-corrected chi connectivity index (χ0v) is 13.8. The first-order chi connectivity index (χ1) is 11.7. The van der Waals surface area contributed by atoms with Crippen molar-refractivity contribution in [3.63, 3.8) is 0 Å². The fourth-order valence-electron chi connectivity index (χ4n) is 3.54. The highest BCUT2D eigenvalue weighted by Gasteiger charge is 2.31. The second-order valence-electron chi connectivity index (χ2n) is 7.12. The third-order valence-corrected chi connectivity index (χ3v) is 5.25. The molecule has 1 aliphatic heterocycles. The molecular formula is C17H24N4O3. The largest absolute Gasteiger partial charge is 0.338 e. The van der Waals surface area contributed by atoms with Crippen LogP contribution in [0.3, 0.4) is 0 Å². The molecule has 7 nitrogen and oxygen atoms in total. The van der Waals surface area contributed by atoms with Crippen molar-refractivity contribution >= 4 is 17.8 Å². The molecule has 1 saturated heterocycles. The summed E-state index contributed by atoms with van der Waals surface area (Å²) >= 11 is 0. The van der Waals surface area contributed by atoms with E-state index in [4.69, 9.17) is 4.52 Å². The van der Waals surface area contributed by atoms with Crippen LogP contribution >= 0.6 is 0 Å². The molecule has 130 valence electrons. The normalized spacial score (nSPS) is 21.2. The van der Waals surface area contributed by atoms with Gasteiger partial charge in [0.25, 0.3) is 0 Å². The van der Waals surface area contributed by atoms with E-state index in [-0.39, 0.29) is 17.9 Å². The summed E-state index contributed by atoms with van der Waals surface area (Å²) in [6, 6.07) is 0.386. The van der Waals surface area contributed by atoms with Gasteiger partial charge in [0.1, 0.15) is 0 Å². The Morgan fingerprint density at radius 2 is 1.83 bits per heavy atom. The number of carbonyl (C=O) groups is 2. The molecule has 4 rings (SSSR count). The second-order valence-corrected chi connectivity index (χ2v) is 7.12. The van der Waals surface area contributed by atoms with Gasteiger partial charge in [-0.2, -0.15) is 0 Å². The number of rotatable bonds is 3. The van der Waals surface area contributed by atoms with Crippen LogP contribution in [0.1, 0.15) is 49.8 Å². The van der Waals surface area contributed by atoms with Crippen molar-refractivity contribution in [3.8, 4) is 0 Å². The molecule has 1 aromatic heterocycles. The van der Waals surface area contributed by atoms with Crippen LogP contribution < -0.4 is 10.6 Å². The topological polar surface area (TPSA) is 87.5 Å². The molecule has 2 N–H and O–H groups in total. The molecule has 0 radical (unpaired) electrons. The molecule has 0 spiro atoms. The molecule has 24 heavy (non-hydrogen) atoms. The van der Waals surface area contributed by atoms with Gasteiger partial charge in [0.15, 0.2) is 0 Å². The molecule has 2 aliphatic carbocycles. The predicted molar refractivity (Wildman–Crippen MR) is 87.6 cm³/mol. The Balaban J connectivity index is 1.30. The smallest absolute Gasteiger partial charge is 0.317 e. The molecule has 0 bridgehead atoms. The molecule has 3 aliphatic rings. The fourth-order valence-corrected chi connectivity index (χ4v) is 3.54. The molecule has 0 unspecified atom stereocenters. The third kappa shape index (κ3) is 3.25. The maximum absolute atomic E-state index is 12.5. The second kappa shape index (κ2) is 6.45. The van der Waals surface area contributed by atoms with Crippen LogP contribution in [0.15, 0.2) is 4.52 Å². The van der Waals surface area contributed by atoms with Gasteiger partial charge >= 0.3 is 6.03 Å². The van der Waals surface area contributed by atoms with Gasteiger partial charge in [-0.1, -0.05) is 5.16 Å². The molecule has 7 heteroatoms. The van der Waals surface area contributed by atoms with Crippen molar-refractivity contribution in [1.29, 1.82) is 0 Å². The number of piperidine rings is 1. The molecule has 0 aromatic carbocycles. The van der Waals surface area contributed by atoms with Gasteiger partial charge in [0.2, 0.25) is 11.8 Å². The standard InChI is InChI=1S/C17H24N4O3/c22-15(19-16-13-3-1-2-4-14(13)20-24-16)11-7-9-21(10-8-11)17(23)18-12-5-6-12/h11-12H,1-10H2,(H,18,23)(H,19,22). The fraction of sp³-hybridized carbons (Fsp3) is 0.706. The Morgan fingerprint density at radius 1 is 1.08 bits per heavy atom. The van der Waals surface area contributed by atoms with Crippen molar-refractivity contribution in [2.24, 2.45) is 5.92 Å². The van der Waals surface area contributed by atoms with Crippen LogP contribution in [0, 0.1) is 5.92 Å². The minimum Gasteiger partial charge on any atom is -0.338 e. The molecule has 1 aromatic rings. The zero-order chi connectivity index (χ0) is 16.5. The van der Waals surface area contributed by atoms with Crippen LogP contribution in [0.25, 0.3) is 0 Å². The first-order valence-electron chi connectivity index (χ1n) is 9.04. The lowest BCUT2D eigenvalue weighted by atomic mass is 9.95. The van der Waals surface area contributed by atoms with Gasteiger partial charge in [-0.3, -0.25) is 10.1 Å². The summed E-state index contributed by atoms with van der Waals surface area (Å²) in [4.78, 5) is 26.3. The number of nitrogens with zero attached hydrogens (tertiary/aromatic N) is 2. The minimum absolute atomic E-state index is 0.0122. The molecule has 1 saturated carbocycles. The molecule has 2 fully saturated rings. The Hall–Kier alpha value is -2.05. The number of hydrogen-bond donors (Lipinski definition) is 2. The predicted octanol–water partition coefficient (Wildman–Crippen LogP) is 2.08. The number of amides is 3. The van der Waals surface area contributed by atoms with Crippen molar-refractivity contribution in [2.75, 3.05) is 18.4 Å². The lowest BCUT2D eigenvalue weighted by molar-refractivity contribution is -0.121. The Labute approximate surface area is 141 Å². The highest BCUT2D eigenvalue weighted by atomic mass is 16.5. The number of anilines is 1. The lowest BCUT2D eigenvalue weighted by Gasteiger charge is -2.31. The van der Waals surface area contributed by atoms with Gasteiger partial charge in [0, 0.05) is 30.6 Å². The number of aryl methyl sites for hydroxylation is 1. The van der Waals surface area contributed by atoms with Crippen molar-refractivity contribution in [3.05, 3.63) is 11.3 Å². The molecule has 0 atom stereocenters. The molecule has 3 amide bonds. The highest BCUT2D eigenvalue weighted by Crippen LogP contribution is 2.29. The van der Waals surface area contributed by atoms with Gasteiger partial charge in [0.05, 0.1) is 5.69 Å². The summed E-state index contributed by atoms with van der Waals surface area (Å²) in [7, 11) is 0. The SMILES string of the molecule is O=C(Nc1onc2c1CCCC2)C1CCN(C(=O)NC2CC2)CC1. The van der Waals surface area contributed by atoms with E-state index in [1.165, 1.54) is 0 Å². The van der Waals surface area contributed by atoms with Crippen LogP contribution in [0.5, 0.6) is 0 Å². The van der Waals surface area contributed by atoms with E-state index in [1.54, 1.807) is 0 Å². The van der Waals surface area contributed by atoms with Crippen molar-refractivity contribution in [2.45, 2.75) is 57.4 Å². The quantitative estimate of drug-likeness (QED) is 0.887. The summed E-state index contributed by atoms with van der Waals surface area (Å²) < 4.78 is 5.33. The van der Waals surface area contributed by atoms with Crippen LogP contribution in [0.4, 0.5) is 10.7 Å². The van der Waals surface area contributed by atoms with Gasteiger partial charge in [-0.25, -0.2) is 4.79 Å². The lowest BCUT2D eigenvalue weighted by Crippen LogP contribution is -2.46. The molecule has 2 heterocycles. The number of carbonyl (C=O) groups excluding carboxylic acids is 2. The first kappa shape index (κ1) is 15.5. The van der Waals surface area contributed by atoms with Crippen LogP contribution in [0.2, 0.25) is 0 Å². The summed E-state index contributed by atoms with van der Waals surface area (Å²) in [5, 5.41) is 9.99. The number of fused-ring (bicyclic) bond motifs is 1. The van der Waals surface area contributed by atoms with Gasteiger partial charge < -0.3 is 14.7 Å². The van der Waals surface area contributed by atoms with Crippen molar-refractivity contribution in [1.82, 2.24) is 15.4 Å². The van der Waals surface area contributed by atoms with Crippen LogP contribution in [-0.4, -0.2) is 41.1 Å². The maximum Gasteiger partial charge on any atom is 0.317 e. The van der Waals surface area contributed by atoms with E-state index in [0.717, 1.165) is 49.8 Å². The van der Waals surface area contributed by atoms with Gasteiger partial charge in [-0.05, 0) is 51.4 Å². The highest BCUT2D eigenvalue weighted by molar-refractivity contribution is 5.92. The Kier molecular flexibility index (Phi) is 4.16. The van der Waals surface area contributed by atoms with E-state index in [0.29, 0.717) is 37.9 Å². The minimum atomic E-state index is -0.0701. The zero-order valence-electron chi connectivity index (χ0n) is 13.8. The Morgan fingerprint density at radius 3 is 2.58 bits per heavy atom. The van der Waals surface area contributed by atoms with E-state index in [9.17, 15) is 9.59 Å². The average molecular weight is 332 g/mol. The van der Waals surface area contributed by atoms with Crippen molar-refractivity contribution < 1.29 is 14.1 Å². The first-order valence-corrected chi connectivity index (χ1v) is 9.04. The van der Waals surface area contributed by atoms with Crippen LogP contribution in [-0.2, 0) is 17.6 Å². The summed E-state index contributed by atoms with van der Waals surface area (Å²) in [5.41, 5.74) is 2.05. The number of urea groups is 1. The van der Waals surface area contributed by atoms with E-state index in [1.807, 2.05) is 4.90 Å². The molecular weight excluding hydrogens is 308 g/mol. The number of hydrogen-bond acceptors (Lipinski definition) is 4. The summed E-state index contributed by atoms with van der Waals surface area (Å²) in [6.45, 7) is 1.26. The third-order valence-electron chi connectivity index (χ3n) is 5.25. The monoisotopic (exact) mass is 332 g/mol. The maximum atomic E-state index is 12.5. The Bertz CT molecular complexity index is 630. The van der Waals surface area contributed by atoms with Gasteiger partial charge in [-0.15, -0.1) is 0 Å². The van der Waals surface area contributed by atoms with E-state index >= 15 is 0 Å². The number of likely N-dealkylation sites (tertiary alicyclic amines) is 1. The van der Waals surface area contributed by atoms with E-state index in [2.05, 4.69) is 15.8 Å². The average Bonchev–Trinajstić information content (AvgIpc) is 3.34. The van der Waals surface area contributed by atoms with E-state index < -0.39 is 0 Å². The summed E-state index contributed by atoms with van der Waals surface area (Å²) in [6.07, 6.45) is 7.68.